The molecule has 0 amide bonds. The number of benzene rings is 1. The summed E-state index contributed by atoms with van der Waals surface area (Å²) in [6.45, 7) is 5.98. The SMILES string of the molecule is CC(C)Oc1ccc(CC2CCNCC2)cc1F. The summed E-state index contributed by atoms with van der Waals surface area (Å²) in [5.74, 6) is 0.803. The lowest BCUT2D eigenvalue weighted by Gasteiger charge is -2.22. The highest BCUT2D eigenvalue weighted by Crippen LogP contribution is 2.23. The maximum atomic E-state index is 13.8. The molecule has 3 heteroatoms. The van der Waals surface area contributed by atoms with Crippen molar-refractivity contribution in [3.63, 3.8) is 0 Å². The first-order valence-corrected chi connectivity index (χ1v) is 6.81. The molecule has 0 saturated carbocycles. The van der Waals surface area contributed by atoms with Crippen LogP contribution in [0.1, 0.15) is 32.3 Å². The summed E-state index contributed by atoms with van der Waals surface area (Å²) in [6, 6.07) is 5.37. The number of halogens is 1. The van der Waals surface area contributed by atoms with Crippen LogP contribution in [0.5, 0.6) is 5.75 Å². The average Bonchev–Trinajstić information content (AvgIpc) is 2.33. The molecule has 1 fully saturated rings. The van der Waals surface area contributed by atoms with Crippen LogP contribution in [0.25, 0.3) is 0 Å². The summed E-state index contributed by atoms with van der Waals surface area (Å²) in [5, 5.41) is 3.35. The maximum Gasteiger partial charge on any atom is 0.165 e. The highest BCUT2D eigenvalue weighted by Gasteiger charge is 2.14. The van der Waals surface area contributed by atoms with E-state index in [1.54, 1.807) is 12.1 Å². The molecule has 18 heavy (non-hydrogen) atoms. The highest BCUT2D eigenvalue weighted by atomic mass is 19.1. The van der Waals surface area contributed by atoms with Gasteiger partial charge in [0.05, 0.1) is 6.10 Å². The topological polar surface area (TPSA) is 21.3 Å². The number of hydrogen-bond acceptors (Lipinski definition) is 2. The Kier molecular flexibility index (Phi) is 4.59. The fourth-order valence-corrected chi connectivity index (χ4v) is 2.44. The van der Waals surface area contributed by atoms with Crippen molar-refractivity contribution in [2.24, 2.45) is 5.92 Å². The number of piperidine rings is 1. The van der Waals surface area contributed by atoms with Gasteiger partial charge in [0.2, 0.25) is 0 Å². The molecule has 0 bridgehead atoms. The molecule has 1 N–H and O–H groups in total. The summed E-state index contributed by atoms with van der Waals surface area (Å²) in [4.78, 5) is 0. The van der Waals surface area contributed by atoms with Crippen molar-refractivity contribution in [1.82, 2.24) is 5.32 Å². The van der Waals surface area contributed by atoms with E-state index in [1.165, 1.54) is 12.8 Å². The molecular weight excluding hydrogens is 229 g/mol. The number of hydrogen-bond donors (Lipinski definition) is 1. The van der Waals surface area contributed by atoms with E-state index in [-0.39, 0.29) is 11.9 Å². The van der Waals surface area contributed by atoms with Gasteiger partial charge in [0.15, 0.2) is 11.6 Å². The van der Waals surface area contributed by atoms with Crippen LogP contribution in [0, 0.1) is 11.7 Å². The molecule has 0 radical (unpaired) electrons. The second kappa shape index (κ2) is 6.19. The van der Waals surface area contributed by atoms with E-state index in [0.717, 1.165) is 25.1 Å². The van der Waals surface area contributed by atoms with Crippen molar-refractivity contribution >= 4 is 0 Å². The van der Waals surface area contributed by atoms with E-state index in [2.05, 4.69) is 5.32 Å². The van der Waals surface area contributed by atoms with Gasteiger partial charge in [-0.15, -0.1) is 0 Å². The van der Waals surface area contributed by atoms with Crippen LogP contribution in [-0.4, -0.2) is 19.2 Å². The van der Waals surface area contributed by atoms with Gasteiger partial charge in [-0.05, 0) is 69.8 Å². The first kappa shape index (κ1) is 13.3. The first-order chi connectivity index (χ1) is 8.65. The lowest BCUT2D eigenvalue weighted by Crippen LogP contribution is -2.28. The van der Waals surface area contributed by atoms with Gasteiger partial charge >= 0.3 is 0 Å². The summed E-state index contributed by atoms with van der Waals surface area (Å²) < 4.78 is 19.2. The Labute approximate surface area is 109 Å². The second-order valence-electron chi connectivity index (χ2n) is 5.33. The molecule has 100 valence electrons. The quantitative estimate of drug-likeness (QED) is 0.887. The fraction of sp³-hybridized carbons (Fsp3) is 0.600. The van der Waals surface area contributed by atoms with Gasteiger partial charge in [0.1, 0.15) is 0 Å². The Morgan fingerprint density at radius 3 is 2.67 bits per heavy atom. The Balaban J connectivity index is 1.99. The van der Waals surface area contributed by atoms with Crippen molar-refractivity contribution in [2.45, 2.75) is 39.2 Å². The van der Waals surface area contributed by atoms with Gasteiger partial charge in [-0.2, -0.15) is 0 Å². The molecule has 0 spiro atoms. The minimum atomic E-state index is -0.241. The van der Waals surface area contributed by atoms with Gasteiger partial charge in [-0.25, -0.2) is 4.39 Å². The van der Waals surface area contributed by atoms with Gasteiger partial charge in [-0.1, -0.05) is 6.07 Å². The van der Waals surface area contributed by atoms with Crippen LogP contribution in [0.2, 0.25) is 0 Å². The third-order valence-corrected chi connectivity index (χ3v) is 3.34. The molecule has 0 aromatic heterocycles. The second-order valence-corrected chi connectivity index (χ2v) is 5.33. The standard InChI is InChI=1S/C15H22FNO/c1-11(2)18-15-4-3-13(10-14(15)16)9-12-5-7-17-8-6-12/h3-4,10-12,17H,5-9H2,1-2H3. The van der Waals surface area contributed by atoms with E-state index >= 15 is 0 Å². The smallest absolute Gasteiger partial charge is 0.165 e. The number of nitrogens with one attached hydrogen (secondary N) is 1. The molecule has 1 aromatic carbocycles. The minimum Gasteiger partial charge on any atom is -0.488 e. The van der Waals surface area contributed by atoms with Crippen LogP contribution in [0.3, 0.4) is 0 Å². The Morgan fingerprint density at radius 1 is 1.33 bits per heavy atom. The number of rotatable bonds is 4. The minimum absolute atomic E-state index is 0.00905. The van der Waals surface area contributed by atoms with Gasteiger partial charge in [0, 0.05) is 0 Å². The largest absolute Gasteiger partial charge is 0.488 e. The molecule has 2 rings (SSSR count). The van der Waals surface area contributed by atoms with Crippen LogP contribution in [-0.2, 0) is 6.42 Å². The zero-order valence-electron chi connectivity index (χ0n) is 11.2. The van der Waals surface area contributed by atoms with E-state index in [0.29, 0.717) is 11.7 Å². The van der Waals surface area contributed by atoms with Crippen LogP contribution in [0.4, 0.5) is 4.39 Å². The van der Waals surface area contributed by atoms with Crippen molar-refractivity contribution < 1.29 is 9.13 Å². The molecular formula is C15H22FNO. The average molecular weight is 251 g/mol. The van der Waals surface area contributed by atoms with Crippen LogP contribution in [0.15, 0.2) is 18.2 Å². The van der Waals surface area contributed by atoms with Crippen molar-refractivity contribution in [2.75, 3.05) is 13.1 Å². The zero-order valence-corrected chi connectivity index (χ0v) is 11.2. The van der Waals surface area contributed by atoms with Gasteiger partial charge in [-0.3, -0.25) is 0 Å². The van der Waals surface area contributed by atoms with Crippen molar-refractivity contribution in [1.29, 1.82) is 0 Å². The molecule has 0 atom stereocenters. The third kappa shape index (κ3) is 3.70. The van der Waals surface area contributed by atoms with Gasteiger partial charge < -0.3 is 10.1 Å². The van der Waals surface area contributed by atoms with E-state index < -0.39 is 0 Å². The summed E-state index contributed by atoms with van der Waals surface area (Å²) in [5.41, 5.74) is 1.08. The van der Waals surface area contributed by atoms with Crippen LogP contribution >= 0.6 is 0 Å². The predicted molar refractivity (Wildman–Crippen MR) is 71.5 cm³/mol. The molecule has 1 saturated heterocycles. The van der Waals surface area contributed by atoms with E-state index in [4.69, 9.17) is 4.74 Å². The Morgan fingerprint density at radius 2 is 2.06 bits per heavy atom. The van der Waals surface area contributed by atoms with Crippen molar-refractivity contribution in [3.8, 4) is 5.75 Å². The normalized spacial score (nSPS) is 17.1. The fourth-order valence-electron chi connectivity index (χ4n) is 2.44. The summed E-state index contributed by atoms with van der Waals surface area (Å²) in [7, 11) is 0. The molecule has 2 nitrogen and oxygen atoms in total. The molecule has 1 aliphatic heterocycles. The number of ether oxygens (including phenoxy) is 1. The third-order valence-electron chi connectivity index (χ3n) is 3.34. The summed E-state index contributed by atoms with van der Waals surface area (Å²) in [6.07, 6.45) is 3.35. The Hall–Kier alpha value is -1.09. The first-order valence-electron chi connectivity index (χ1n) is 6.81. The zero-order chi connectivity index (χ0) is 13.0. The monoisotopic (exact) mass is 251 g/mol. The highest BCUT2D eigenvalue weighted by molar-refractivity contribution is 5.29. The molecule has 1 heterocycles. The van der Waals surface area contributed by atoms with E-state index in [9.17, 15) is 4.39 Å². The molecule has 0 unspecified atom stereocenters. The van der Waals surface area contributed by atoms with E-state index in [1.807, 2.05) is 19.9 Å². The Bertz CT molecular complexity index is 386. The molecule has 0 aliphatic carbocycles. The maximum absolute atomic E-state index is 13.8. The van der Waals surface area contributed by atoms with Crippen molar-refractivity contribution in [3.05, 3.63) is 29.6 Å². The lowest BCUT2D eigenvalue weighted by atomic mass is 9.91. The predicted octanol–water partition coefficient (Wildman–Crippen LogP) is 3.16. The summed E-state index contributed by atoms with van der Waals surface area (Å²) >= 11 is 0. The lowest BCUT2D eigenvalue weighted by molar-refractivity contribution is 0.231. The molecule has 1 aliphatic rings. The van der Waals surface area contributed by atoms with Gasteiger partial charge in [0.25, 0.3) is 0 Å². The van der Waals surface area contributed by atoms with Crippen LogP contribution < -0.4 is 10.1 Å². The molecule has 1 aromatic rings.